The van der Waals surface area contributed by atoms with Gasteiger partial charge < -0.3 is 4.74 Å². The van der Waals surface area contributed by atoms with Gasteiger partial charge in [0.05, 0.1) is 6.21 Å². The first kappa shape index (κ1) is 16.7. The number of hydrogen-bond acceptors (Lipinski definition) is 3. The number of aryl methyl sites for hydroxylation is 1. The Kier molecular flexibility index (Phi) is 5.42. The van der Waals surface area contributed by atoms with Crippen LogP contribution in [-0.4, -0.2) is 18.7 Å². The van der Waals surface area contributed by atoms with Gasteiger partial charge in [0.1, 0.15) is 5.75 Å². The first-order valence-electron chi connectivity index (χ1n) is 8.27. The van der Waals surface area contributed by atoms with E-state index in [9.17, 15) is 4.79 Å². The number of nitrogens with zero attached hydrogens (tertiary/aromatic N) is 1. The molecule has 0 unspecified atom stereocenters. The van der Waals surface area contributed by atoms with E-state index in [4.69, 9.17) is 4.74 Å². The molecule has 0 spiro atoms. The lowest BCUT2D eigenvalue weighted by molar-refractivity contribution is -0.123. The van der Waals surface area contributed by atoms with Crippen LogP contribution in [0.25, 0.3) is 10.8 Å². The number of rotatable bonds is 6. The Morgan fingerprint density at radius 2 is 1.80 bits per heavy atom. The minimum Gasteiger partial charge on any atom is -0.484 e. The summed E-state index contributed by atoms with van der Waals surface area (Å²) in [7, 11) is 0. The van der Waals surface area contributed by atoms with Crippen molar-refractivity contribution < 1.29 is 9.53 Å². The smallest absolute Gasteiger partial charge is 0.277 e. The highest BCUT2D eigenvalue weighted by molar-refractivity contribution is 5.99. The van der Waals surface area contributed by atoms with Crippen LogP contribution in [-0.2, 0) is 11.2 Å². The minimum absolute atomic E-state index is 0.0711. The Hall–Kier alpha value is -3.14. The van der Waals surface area contributed by atoms with Gasteiger partial charge in [-0.15, -0.1) is 0 Å². The van der Waals surface area contributed by atoms with Crippen LogP contribution in [0.3, 0.4) is 0 Å². The molecule has 25 heavy (non-hydrogen) atoms. The van der Waals surface area contributed by atoms with Crippen molar-refractivity contribution in [3.05, 3.63) is 77.9 Å². The van der Waals surface area contributed by atoms with Gasteiger partial charge in [-0.1, -0.05) is 61.5 Å². The summed E-state index contributed by atoms with van der Waals surface area (Å²) in [6, 6.07) is 21.7. The van der Waals surface area contributed by atoms with Crippen molar-refractivity contribution in [2.45, 2.75) is 13.3 Å². The summed E-state index contributed by atoms with van der Waals surface area (Å²) in [5, 5.41) is 6.26. The molecule has 0 atom stereocenters. The van der Waals surface area contributed by atoms with Crippen molar-refractivity contribution in [1.82, 2.24) is 5.43 Å². The van der Waals surface area contributed by atoms with E-state index in [2.05, 4.69) is 17.5 Å². The summed E-state index contributed by atoms with van der Waals surface area (Å²) in [6.07, 6.45) is 2.62. The first-order chi connectivity index (χ1) is 12.3. The van der Waals surface area contributed by atoms with Crippen molar-refractivity contribution in [1.29, 1.82) is 0 Å². The van der Waals surface area contributed by atoms with Gasteiger partial charge in [0, 0.05) is 5.56 Å². The van der Waals surface area contributed by atoms with Crippen LogP contribution in [0.2, 0.25) is 0 Å². The highest BCUT2D eigenvalue weighted by Gasteiger charge is 2.02. The van der Waals surface area contributed by atoms with E-state index in [0.717, 1.165) is 22.8 Å². The molecule has 0 saturated carbocycles. The van der Waals surface area contributed by atoms with Crippen LogP contribution in [0.15, 0.2) is 71.8 Å². The van der Waals surface area contributed by atoms with Gasteiger partial charge in [0.2, 0.25) is 0 Å². The number of fused-ring (bicyclic) bond motifs is 1. The molecule has 1 amide bonds. The van der Waals surface area contributed by atoms with Crippen molar-refractivity contribution in [3.63, 3.8) is 0 Å². The largest absolute Gasteiger partial charge is 0.484 e. The quantitative estimate of drug-likeness (QED) is 0.549. The summed E-state index contributed by atoms with van der Waals surface area (Å²) in [6.45, 7) is 2.02. The molecule has 0 heterocycles. The maximum atomic E-state index is 11.8. The van der Waals surface area contributed by atoms with E-state index in [1.807, 2.05) is 66.7 Å². The van der Waals surface area contributed by atoms with Gasteiger partial charge in [-0.05, 0) is 34.9 Å². The molecule has 126 valence electrons. The number of hydrogen-bond donors (Lipinski definition) is 1. The summed E-state index contributed by atoms with van der Waals surface area (Å²) in [5.74, 6) is 0.376. The molecule has 3 aromatic carbocycles. The number of carbonyl (C=O) groups excluding carboxylic acids is 1. The fraction of sp³-hybridized carbons (Fsp3) is 0.143. The highest BCUT2D eigenvalue weighted by atomic mass is 16.5. The lowest BCUT2D eigenvalue weighted by Crippen LogP contribution is -2.24. The zero-order valence-electron chi connectivity index (χ0n) is 14.1. The second kappa shape index (κ2) is 8.11. The van der Waals surface area contributed by atoms with Crippen LogP contribution in [0.1, 0.15) is 18.1 Å². The molecule has 4 heteroatoms. The van der Waals surface area contributed by atoms with Gasteiger partial charge in [-0.2, -0.15) is 5.10 Å². The Labute approximate surface area is 147 Å². The summed E-state index contributed by atoms with van der Waals surface area (Å²) >= 11 is 0. The van der Waals surface area contributed by atoms with Crippen LogP contribution in [0, 0.1) is 0 Å². The average molecular weight is 332 g/mol. The van der Waals surface area contributed by atoms with Gasteiger partial charge in [-0.3, -0.25) is 4.79 Å². The number of hydrazone groups is 1. The highest BCUT2D eigenvalue weighted by Crippen LogP contribution is 2.16. The predicted octanol–water partition coefficient (Wildman–Crippen LogP) is 3.93. The molecule has 3 aromatic rings. The van der Waals surface area contributed by atoms with E-state index in [1.165, 1.54) is 5.56 Å². The molecule has 0 radical (unpaired) electrons. The van der Waals surface area contributed by atoms with Crippen molar-refractivity contribution in [2.75, 3.05) is 6.61 Å². The Balaban J connectivity index is 1.55. The van der Waals surface area contributed by atoms with E-state index >= 15 is 0 Å². The normalized spacial score (nSPS) is 10.9. The molecule has 0 aliphatic carbocycles. The summed E-state index contributed by atoms with van der Waals surface area (Å²) in [5.41, 5.74) is 4.68. The lowest BCUT2D eigenvalue weighted by Gasteiger charge is -2.06. The van der Waals surface area contributed by atoms with Gasteiger partial charge >= 0.3 is 0 Å². The molecule has 3 rings (SSSR count). The number of carbonyl (C=O) groups is 1. The van der Waals surface area contributed by atoms with Gasteiger partial charge in [-0.25, -0.2) is 5.43 Å². The van der Waals surface area contributed by atoms with Crippen LogP contribution < -0.4 is 10.2 Å². The van der Waals surface area contributed by atoms with Gasteiger partial charge in [0.25, 0.3) is 5.91 Å². The third-order valence-corrected chi connectivity index (χ3v) is 3.92. The van der Waals surface area contributed by atoms with Crippen LogP contribution in [0.5, 0.6) is 5.75 Å². The Morgan fingerprint density at radius 3 is 2.60 bits per heavy atom. The maximum absolute atomic E-state index is 11.8. The average Bonchev–Trinajstić information content (AvgIpc) is 2.67. The lowest BCUT2D eigenvalue weighted by atomic mass is 10.1. The topological polar surface area (TPSA) is 50.7 Å². The van der Waals surface area contributed by atoms with Crippen LogP contribution >= 0.6 is 0 Å². The van der Waals surface area contributed by atoms with E-state index in [-0.39, 0.29) is 12.5 Å². The SMILES string of the molecule is CCc1ccc(OCC(=O)N/N=C/c2cccc3ccccc23)cc1. The van der Waals surface area contributed by atoms with Crippen LogP contribution in [0.4, 0.5) is 0 Å². The number of benzene rings is 3. The van der Waals surface area contributed by atoms with E-state index in [0.29, 0.717) is 5.75 Å². The zero-order chi connectivity index (χ0) is 17.5. The molecule has 1 N–H and O–H groups in total. The van der Waals surface area contributed by atoms with Crippen molar-refractivity contribution in [2.24, 2.45) is 5.10 Å². The third kappa shape index (κ3) is 4.44. The summed E-state index contributed by atoms with van der Waals surface area (Å²) in [4.78, 5) is 11.8. The van der Waals surface area contributed by atoms with E-state index < -0.39 is 0 Å². The molecule has 0 bridgehead atoms. The van der Waals surface area contributed by atoms with Gasteiger partial charge in [0.15, 0.2) is 6.61 Å². The molecule has 0 aliphatic rings. The van der Waals surface area contributed by atoms with Crippen molar-refractivity contribution >= 4 is 22.9 Å². The number of nitrogens with one attached hydrogen (secondary N) is 1. The zero-order valence-corrected chi connectivity index (χ0v) is 14.1. The Bertz CT molecular complexity index is 881. The molecule has 0 fully saturated rings. The Morgan fingerprint density at radius 1 is 1.04 bits per heavy atom. The maximum Gasteiger partial charge on any atom is 0.277 e. The molecule has 4 nitrogen and oxygen atoms in total. The van der Waals surface area contributed by atoms with E-state index in [1.54, 1.807) is 6.21 Å². The standard InChI is InChI=1S/C21H20N2O2/c1-2-16-10-12-19(13-11-16)25-15-21(24)23-22-14-18-8-5-7-17-6-3-4-9-20(17)18/h3-14H,2,15H2,1H3,(H,23,24)/b22-14+. The summed E-state index contributed by atoms with van der Waals surface area (Å²) < 4.78 is 5.45. The number of ether oxygens (including phenoxy) is 1. The minimum atomic E-state index is -0.295. The monoisotopic (exact) mass is 332 g/mol. The molecule has 0 aromatic heterocycles. The first-order valence-corrected chi connectivity index (χ1v) is 8.27. The fourth-order valence-electron chi connectivity index (χ4n) is 2.54. The molecular formula is C21H20N2O2. The predicted molar refractivity (Wildman–Crippen MR) is 101 cm³/mol. The van der Waals surface area contributed by atoms with Crippen molar-refractivity contribution in [3.8, 4) is 5.75 Å². The molecular weight excluding hydrogens is 312 g/mol. The fourth-order valence-corrected chi connectivity index (χ4v) is 2.54. The second-order valence-electron chi connectivity index (χ2n) is 5.65. The third-order valence-electron chi connectivity index (χ3n) is 3.92. The molecule has 0 aliphatic heterocycles. The second-order valence-corrected chi connectivity index (χ2v) is 5.65. The number of amides is 1. The molecule has 0 saturated heterocycles.